The summed E-state index contributed by atoms with van der Waals surface area (Å²) < 4.78 is 22.8. The van der Waals surface area contributed by atoms with Gasteiger partial charge in [-0.05, 0) is 49.2 Å². The van der Waals surface area contributed by atoms with Gasteiger partial charge in [0, 0.05) is 23.8 Å². The van der Waals surface area contributed by atoms with Crippen LogP contribution in [0.15, 0.2) is 53.4 Å². The number of benzene rings is 2. The summed E-state index contributed by atoms with van der Waals surface area (Å²) in [6, 6.07) is 14.4. The molecule has 0 saturated carbocycles. The zero-order valence-corrected chi connectivity index (χ0v) is 15.7. The Balaban J connectivity index is 1.90. The summed E-state index contributed by atoms with van der Waals surface area (Å²) >= 11 is 0. The van der Waals surface area contributed by atoms with Gasteiger partial charge >= 0.3 is 0 Å². The second-order valence-corrected chi connectivity index (χ2v) is 8.09. The van der Waals surface area contributed by atoms with Gasteiger partial charge in [0.15, 0.2) is 0 Å². The van der Waals surface area contributed by atoms with Gasteiger partial charge in [-0.15, -0.1) is 0 Å². The normalized spacial score (nSPS) is 19.7. The van der Waals surface area contributed by atoms with Crippen LogP contribution >= 0.6 is 0 Å². The number of nitrogens with one attached hydrogen (secondary N) is 1. The van der Waals surface area contributed by atoms with Gasteiger partial charge < -0.3 is 10.2 Å². The average molecular weight is 373 g/mol. The fraction of sp³-hybridized carbons (Fsp3) is 0.316. The average Bonchev–Trinajstić information content (AvgIpc) is 2.61. The molecule has 7 heteroatoms. The minimum atomic E-state index is -3.70. The number of sulfonamides is 1. The zero-order valence-electron chi connectivity index (χ0n) is 14.8. The van der Waals surface area contributed by atoms with Crippen LogP contribution in [0.3, 0.4) is 0 Å². The van der Waals surface area contributed by atoms with Crippen molar-refractivity contribution in [3.05, 3.63) is 54.1 Å². The Hall–Kier alpha value is -2.38. The van der Waals surface area contributed by atoms with Crippen LogP contribution in [-0.2, 0) is 14.8 Å². The molecule has 0 saturated heterocycles. The lowest BCUT2D eigenvalue weighted by atomic mass is 9.91. The van der Waals surface area contributed by atoms with Crippen molar-refractivity contribution in [1.82, 2.24) is 0 Å². The van der Waals surface area contributed by atoms with Gasteiger partial charge in [0.25, 0.3) is 0 Å². The quantitative estimate of drug-likeness (QED) is 0.861. The van der Waals surface area contributed by atoms with Crippen molar-refractivity contribution in [2.45, 2.75) is 43.7 Å². The zero-order chi connectivity index (χ0) is 18.9. The van der Waals surface area contributed by atoms with E-state index in [9.17, 15) is 13.2 Å². The van der Waals surface area contributed by atoms with Crippen molar-refractivity contribution >= 4 is 27.3 Å². The molecule has 0 fully saturated rings. The Bertz CT molecular complexity index is 910. The first-order valence-corrected chi connectivity index (χ1v) is 10.2. The third kappa shape index (κ3) is 3.59. The molecule has 0 aliphatic carbocycles. The highest BCUT2D eigenvalue weighted by Crippen LogP contribution is 2.39. The number of rotatable bonds is 4. The number of anilines is 2. The Morgan fingerprint density at radius 3 is 2.46 bits per heavy atom. The number of para-hydroxylation sites is 1. The van der Waals surface area contributed by atoms with Crippen LogP contribution in [-0.4, -0.2) is 20.4 Å². The maximum atomic E-state index is 12.4. The van der Waals surface area contributed by atoms with E-state index in [0.29, 0.717) is 6.42 Å². The molecule has 0 bridgehead atoms. The number of hydrogen-bond donors (Lipinski definition) is 2. The number of nitrogens with zero attached hydrogens (tertiary/aromatic N) is 1. The molecule has 138 valence electrons. The Morgan fingerprint density at radius 1 is 1.19 bits per heavy atom. The van der Waals surface area contributed by atoms with Crippen LogP contribution < -0.4 is 15.4 Å². The molecule has 6 nitrogen and oxygen atoms in total. The minimum absolute atomic E-state index is 0.0300. The van der Waals surface area contributed by atoms with E-state index in [0.717, 1.165) is 23.4 Å². The van der Waals surface area contributed by atoms with Gasteiger partial charge in [-0.2, -0.15) is 0 Å². The van der Waals surface area contributed by atoms with Gasteiger partial charge in [0.1, 0.15) is 0 Å². The van der Waals surface area contributed by atoms with Crippen LogP contribution in [0.25, 0.3) is 0 Å². The molecule has 3 rings (SSSR count). The molecule has 2 aromatic rings. The highest BCUT2D eigenvalue weighted by molar-refractivity contribution is 7.89. The Labute approximate surface area is 154 Å². The molecule has 0 spiro atoms. The molecule has 0 radical (unpaired) electrons. The monoisotopic (exact) mass is 373 g/mol. The number of primary sulfonamides is 1. The first-order chi connectivity index (χ1) is 12.3. The van der Waals surface area contributed by atoms with Crippen molar-refractivity contribution in [3.8, 4) is 0 Å². The van der Waals surface area contributed by atoms with E-state index in [2.05, 4.69) is 5.32 Å². The Kier molecular flexibility index (Phi) is 5.02. The van der Waals surface area contributed by atoms with E-state index >= 15 is 0 Å². The highest BCUT2D eigenvalue weighted by atomic mass is 32.2. The lowest BCUT2D eigenvalue weighted by Crippen LogP contribution is -2.44. The van der Waals surface area contributed by atoms with Gasteiger partial charge in [-0.3, -0.25) is 4.79 Å². The standard InChI is InChI=1S/C19H23N3O3S/c1-3-19(23)22-13(2)12-17(16-6-4-5-7-18(16)22)21-14-8-10-15(11-9-14)26(20,24)25/h4-11,13,17,21H,3,12H2,1-2H3,(H2,20,24,25)/t13-,17+/m0/s1. The summed E-state index contributed by atoms with van der Waals surface area (Å²) in [6.45, 7) is 3.91. The van der Waals surface area contributed by atoms with Crippen molar-refractivity contribution in [1.29, 1.82) is 0 Å². The lowest BCUT2D eigenvalue weighted by Gasteiger charge is -2.40. The minimum Gasteiger partial charge on any atom is -0.378 e. The summed E-state index contributed by atoms with van der Waals surface area (Å²) in [7, 11) is -3.70. The smallest absolute Gasteiger partial charge is 0.238 e. The van der Waals surface area contributed by atoms with E-state index in [1.807, 2.05) is 43.0 Å². The molecule has 1 aliphatic heterocycles. The first-order valence-electron chi connectivity index (χ1n) is 8.61. The predicted molar refractivity (Wildman–Crippen MR) is 102 cm³/mol. The molecule has 2 aromatic carbocycles. The summed E-state index contributed by atoms with van der Waals surface area (Å²) in [4.78, 5) is 14.3. The number of hydrogen-bond acceptors (Lipinski definition) is 4. The van der Waals surface area contributed by atoms with E-state index in [1.54, 1.807) is 12.1 Å². The van der Waals surface area contributed by atoms with Crippen molar-refractivity contribution < 1.29 is 13.2 Å². The van der Waals surface area contributed by atoms with Crippen LogP contribution in [0, 0.1) is 0 Å². The summed E-state index contributed by atoms with van der Waals surface area (Å²) in [5.74, 6) is 0.112. The van der Waals surface area contributed by atoms with Gasteiger partial charge in [0.2, 0.25) is 15.9 Å². The molecule has 1 aliphatic rings. The fourth-order valence-corrected chi connectivity index (χ4v) is 3.96. The molecule has 3 N–H and O–H groups in total. The Morgan fingerprint density at radius 2 is 1.85 bits per heavy atom. The van der Waals surface area contributed by atoms with E-state index in [-0.39, 0.29) is 22.9 Å². The van der Waals surface area contributed by atoms with E-state index < -0.39 is 10.0 Å². The number of carbonyl (C=O) groups is 1. The molecule has 0 unspecified atom stereocenters. The predicted octanol–water partition coefficient (Wildman–Crippen LogP) is 3.02. The number of fused-ring (bicyclic) bond motifs is 1. The van der Waals surface area contributed by atoms with Crippen molar-refractivity contribution in [3.63, 3.8) is 0 Å². The number of nitrogens with two attached hydrogens (primary N) is 1. The van der Waals surface area contributed by atoms with Gasteiger partial charge in [-0.25, -0.2) is 13.6 Å². The molecule has 1 amide bonds. The molecule has 2 atom stereocenters. The molecule has 0 aromatic heterocycles. The molecule has 26 heavy (non-hydrogen) atoms. The van der Waals surface area contributed by atoms with Crippen LogP contribution in [0.1, 0.15) is 38.3 Å². The number of amides is 1. The second kappa shape index (κ2) is 7.09. The lowest BCUT2D eigenvalue weighted by molar-refractivity contribution is -0.118. The van der Waals surface area contributed by atoms with Gasteiger partial charge in [-0.1, -0.05) is 25.1 Å². The van der Waals surface area contributed by atoms with Crippen LogP contribution in [0.2, 0.25) is 0 Å². The third-order valence-corrected chi connectivity index (χ3v) is 5.61. The van der Waals surface area contributed by atoms with Crippen molar-refractivity contribution in [2.75, 3.05) is 10.2 Å². The molecular weight excluding hydrogens is 350 g/mol. The SMILES string of the molecule is CCC(=O)N1c2ccccc2[C@H](Nc2ccc(S(N)(=O)=O)cc2)C[C@@H]1C. The van der Waals surface area contributed by atoms with Crippen molar-refractivity contribution in [2.24, 2.45) is 5.14 Å². The van der Waals surface area contributed by atoms with Crippen LogP contribution in [0.4, 0.5) is 11.4 Å². The highest BCUT2D eigenvalue weighted by Gasteiger charge is 2.32. The maximum Gasteiger partial charge on any atom is 0.238 e. The van der Waals surface area contributed by atoms with Gasteiger partial charge in [0.05, 0.1) is 10.9 Å². The topological polar surface area (TPSA) is 92.5 Å². The number of carbonyl (C=O) groups excluding carboxylic acids is 1. The second-order valence-electron chi connectivity index (χ2n) is 6.53. The first kappa shape index (κ1) is 18.4. The van der Waals surface area contributed by atoms with E-state index in [1.165, 1.54) is 12.1 Å². The van der Waals surface area contributed by atoms with E-state index in [4.69, 9.17) is 5.14 Å². The fourth-order valence-electron chi connectivity index (χ4n) is 3.44. The molecule has 1 heterocycles. The van der Waals surface area contributed by atoms with Crippen LogP contribution in [0.5, 0.6) is 0 Å². The summed E-state index contributed by atoms with van der Waals surface area (Å²) in [5.41, 5.74) is 2.79. The molecular formula is C19H23N3O3S. The largest absolute Gasteiger partial charge is 0.378 e. The summed E-state index contributed by atoms with van der Waals surface area (Å²) in [6.07, 6.45) is 1.23. The maximum absolute atomic E-state index is 12.4. The third-order valence-electron chi connectivity index (χ3n) is 4.68. The summed E-state index contributed by atoms with van der Waals surface area (Å²) in [5, 5.41) is 8.59.